The fourth-order valence-electron chi connectivity index (χ4n) is 2.08. The number of anilines is 1. The molecule has 8 heteroatoms. The van der Waals surface area contributed by atoms with Crippen LogP contribution >= 0.6 is 24.8 Å². The highest BCUT2D eigenvalue weighted by atomic mass is 35.5. The van der Waals surface area contributed by atoms with Crippen molar-refractivity contribution in [2.45, 2.75) is 0 Å². The Kier molecular flexibility index (Phi) is 9.76. The largest absolute Gasteiger partial charge is 0.465 e. The van der Waals surface area contributed by atoms with Crippen molar-refractivity contribution in [2.24, 2.45) is 0 Å². The summed E-state index contributed by atoms with van der Waals surface area (Å²) >= 11 is 0. The Morgan fingerprint density at radius 3 is 2.32 bits per heavy atom. The summed E-state index contributed by atoms with van der Waals surface area (Å²) in [4.78, 5) is 25.3. The minimum Gasteiger partial charge on any atom is -0.465 e. The van der Waals surface area contributed by atoms with Crippen molar-refractivity contribution < 1.29 is 14.3 Å². The zero-order valence-corrected chi connectivity index (χ0v) is 14.0. The fourth-order valence-corrected chi connectivity index (χ4v) is 2.08. The van der Waals surface area contributed by atoms with E-state index in [2.05, 4.69) is 20.3 Å². The molecule has 22 heavy (non-hydrogen) atoms. The highest BCUT2D eigenvalue weighted by Gasteiger charge is 2.13. The van der Waals surface area contributed by atoms with Crippen molar-refractivity contribution >= 4 is 42.4 Å². The molecule has 1 aromatic carbocycles. The molecular formula is C14H21Cl2N3O3. The fraction of sp³-hybridized carbons (Fsp3) is 0.429. The van der Waals surface area contributed by atoms with E-state index in [4.69, 9.17) is 0 Å². The van der Waals surface area contributed by atoms with Gasteiger partial charge in [0.25, 0.3) is 0 Å². The molecule has 0 aromatic heterocycles. The van der Waals surface area contributed by atoms with Crippen molar-refractivity contribution in [3.63, 3.8) is 0 Å². The quantitative estimate of drug-likeness (QED) is 0.798. The third-order valence-corrected chi connectivity index (χ3v) is 3.17. The first-order valence-corrected chi connectivity index (χ1v) is 6.60. The van der Waals surface area contributed by atoms with Crippen LogP contribution in [0.15, 0.2) is 24.3 Å². The van der Waals surface area contributed by atoms with Crippen LogP contribution in [0.25, 0.3) is 0 Å². The van der Waals surface area contributed by atoms with Crippen LogP contribution in [0.4, 0.5) is 5.69 Å². The number of carbonyl (C=O) groups excluding carboxylic acids is 2. The maximum absolute atomic E-state index is 11.9. The van der Waals surface area contributed by atoms with Gasteiger partial charge in [-0.3, -0.25) is 9.69 Å². The van der Waals surface area contributed by atoms with E-state index in [9.17, 15) is 9.59 Å². The number of nitrogens with zero attached hydrogens (tertiary/aromatic N) is 1. The third kappa shape index (κ3) is 6.19. The van der Waals surface area contributed by atoms with Crippen molar-refractivity contribution in [1.29, 1.82) is 0 Å². The molecule has 0 radical (unpaired) electrons. The lowest BCUT2D eigenvalue weighted by Gasteiger charge is -2.26. The van der Waals surface area contributed by atoms with Crippen LogP contribution in [-0.2, 0) is 9.53 Å². The molecule has 0 aliphatic carbocycles. The molecule has 1 heterocycles. The third-order valence-electron chi connectivity index (χ3n) is 3.17. The Labute approximate surface area is 142 Å². The molecule has 1 aliphatic rings. The van der Waals surface area contributed by atoms with Crippen LogP contribution in [0.1, 0.15) is 10.4 Å². The molecule has 0 saturated carbocycles. The van der Waals surface area contributed by atoms with Gasteiger partial charge in [-0.05, 0) is 24.3 Å². The Morgan fingerprint density at radius 1 is 1.18 bits per heavy atom. The first-order valence-electron chi connectivity index (χ1n) is 6.60. The van der Waals surface area contributed by atoms with Crippen LogP contribution in [0.5, 0.6) is 0 Å². The minimum absolute atomic E-state index is 0. The molecule has 0 atom stereocenters. The molecule has 1 amide bonds. The van der Waals surface area contributed by atoms with Gasteiger partial charge < -0.3 is 15.4 Å². The number of halogens is 2. The van der Waals surface area contributed by atoms with Gasteiger partial charge in [0.15, 0.2) is 0 Å². The van der Waals surface area contributed by atoms with E-state index in [-0.39, 0.29) is 36.7 Å². The maximum Gasteiger partial charge on any atom is 0.337 e. The number of carbonyl (C=O) groups is 2. The summed E-state index contributed by atoms with van der Waals surface area (Å²) in [5.41, 5.74) is 1.14. The predicted octanol–water partition coefficient (Wildman–Crippen LogP) is 1.16. The number of hydrogen-bond acceptors (Lipinski definition) is 5. The molecule has 2 rings (SSSR count). The molecule has 0 unspecified atom stereocenters. The summed E-state index contributed by atoms with van der Waals surface area (Å²) in [7, 11) is 1.34. The van der Waals surface area contributed by atoms with Gasteiger partial charge in [0.1, 0.15) is 0 Å². The average molecular weight is 350 g/mol. The number of ether oxygens (including phenoxy) is 1. The Balaban J connectivity index is 0.00000220. The lowest BCUT2D eigenvalue weighted by atomic mass is 10.2. The van der Waals surface area contributed by atoms with Gasteiger partial charge in [-0.2, -0.15) is 0 Å². The van der Waals surface area contributed by atoms with Gasteiger partial charge in [-0.25, -0.2) is 4.79 Å². The van der Waals surface area contributed by atoms with Gasteiger partial charge >= 0.3 is 5.97 Å². The zero-order valence-electron chi connectivity index (χ0n) is 12.3. The second kappa shape index (κ2) is 10.4. The number of hydrogen-bond donors (Lipinski definition) is 2. The molecule has 1 aliphatic heterocycles. The molecule has 1 fully saturated rings. The monoisotopic (exact) mass is 349 g/mol. The van der Waals surface area contributed by atoms with Crippen LogP contribution in [-0.4, -0.2) is 56.6 Å². The highest BCUT2D eigenvalue weighted by Crippen LogP contribution is 2.10. The van der Waals surface area contributed by atoms with Gasteiger partial charge in [0, 0.05) is 31.9 Å². The van der Waals surface area contributed by atoms with Gasteiger partial charge in [0.2, 0.25) is 5.91 Å². The Morgan fingerprint density at radius 2 is 1.77 bits per heavy atom. The Bertz CT molecular complexity index is 477. The van der Waals surface area contributed by atoms with E-state index >= 15 is 0 Å². The molecule has 2 N–H and O–H groups in total. The summed E-state index contributed by atoms with van der Waals surface area (Å²) in [6, 6.07) is 6.66. The summed E-state index contributed by atoms with van der Waals surface area (Å²) < 4.78 is 4.62. The van der Waals surface area contributed by atoms with E-state index in [1.54, 1.807) is 24.3 Å². The number of amides is 1. The van der Waals surface area contributed by atoms with Crippen LogP contribution < -0.4 is 10.6 Å². The minimum atomic E-state index is -0.385. The van der Waals surface area contributed by atoms with Crippen molar-refractivity contribution in [3.05, 3.63) is 29.8 Å². The molecular weight excluding hydrogens is 329 g/mol. The topological polar surface area (TPSA) is 70.7 Å². The number of methoxy groups -OCH3 is 1. The lowest BCUT2D eigenvalue weighted by Crippen LogP contribution is -2.46. The molecule has 6 nitrogen and oxygen atoms in total. The van der Waals surface area contributed by atoms with E-state index < -0.39 is 0 Å². The number of benzene rings is 1. The van der Waals surface area contributed by atoms with Crippen molar-refractivity contribution in [3.8, 4) is 0 Å². The zero-order chi connectivity index (χ0) is 14.4. The standard InChI is InChI=1S/C14H19N3O3.2ClH/c1-20-14(19)11-2-4-12(5-3-11)16-13(18)10-17-8-6-15-7-9-17;;/h2-5,15H,6-10H2,1H3,(H,16,18);2*1H. The molecule has 124 valence electrons. The van der Waals surface area contributed by atoms with Crippen molar-refractivity contribution in [1.82, 2.24) is 10.2 Å². The van der Waals surface area contributed by atoms with E-state index in [0.29, 0.717) is 17.8 Å². The lowest BCUT2D eigenvalue weighted by molar-refractivity contribution is -0.117. The summed E-state index contributed by atoms with van der Waals surface area (Å²) in [5.74, 6) is -0.429. The number of piperazine rings is 1. The maximum atomic E-state index is 11.9. The van der Waals surface area contributed by atoms with Gasteiger partial charge in [0.05, 0.1) is 19.2 Å². The number of rotatable bonds is 4. The molecule has 0 spiro atoms. The van der Waals surface area contributed by atoms with Gasteiger partial charge in [-0.1, -0.05) is 0 Å². The molecule has 1 aromatic rings. The normalized spacial score (nSPS) is 14.2. The highest BCUT2D eigenvalue weighted by molar-refractivity contribution is 5.94. The van der Waals surface area contributed by atoms with E-state index in [1.165, 1.54) is 7.11 Å². The average Bonchev–Trinajstić information content (AvgIpc) is 2.48. The van der Waals surface area contributed by atoms with Crippen LogP contribution in [0, 0.1) is 0 Å². The predicted molar refractivity (Wildman–Crippen MR) is 90.2 cm³/mol. The Hall–Kier alpha value is -1.34. The first kappa shape index (κ1) is 20.7. The molecule has 1 saturated heterocycles. The number of nitrogens with one attached hydrogen (secondary N) is 2. The summed E-state index contributed by atoms with van der Waals surface area (Å²) in [5, 5.41) is 6.06. The van der Waals surface area contributed by atoms with E-state index in [1.807, 2.05) is 0 Å². The smallest absolute Gasteiger partial charge is 0.337 e. The second-order valence-electron chi connectivity index (χ2n) is 4.64. The first-order chi connectivity index (χ1) is 9.69. The SMILES string of the molecule is COC(=O)c1ccc(NC(=O)CN2CCNCC2)cc1.Cl.Cl. The van der Waals surface area contributed by atoms with Crippen molar-refractivity contribution in [2.75, 3.05) is 45.2 Å². The van der Waals surface area contributed by atoms with Crippen LogP contribution in [0.3, 0.4) is 0 Å². The van der Waals surface area contributed by atoms with E-state index in [0.717, 1.165) is 26.2 Å². The van der Waals surface area contributed by atoms with Crippen LogP contribution in [0.2, 0.25) is 0 Å². The summed E-state index contributed by atoms with van der Waals surface area (Å²) in [6.45, 7) is 3.99. The van der Waals surface area contributed by atoms with Gasteiger partial charge in [-0.15, -0.1) is 24.8 Å². The second-order valence-corrected chi connectivity index (χ2v) is 4.64. The summed E-state index contributed by atoms with van der Waals surface area (Å²) in [6.07, 6.45) is 0. The number of esters is 1. The molecule has 0 bridgehead atoms.